The first-order chi connectivity index (χ1) is 9.56. The van der Waals surface area contributed by atoms with E-state index in [-0.39, 0.29) is 0 Å². The first-order valence-electron chi connectivity index (χ1n) is 6.14. The highest BCUT2D eigenvalue weighted by Crippen LogP contribution is 2.30. The van der Waals surface area contributed by atoms with E-state index in [0.717, 1.165) is 22.9 Å². The van der Waals surface area contributed by atoms with Crippen LogP contribution in [0.5, 0.6) is 5.75 Å². The van der Waals surface area contributed by atoms with E-state index in [0.29, 0.717) is 10.7 Å². The van der Waals surface area contributed by atoms with Gasteiger partial charge in [-0.05, 0) is 37.3 Å². The zero-order valence-electron chi connectivity index (χ0n) is 11.8. The summed E-state index contributed by atoms with van der Waals surface area (Å²) in [5.74, 6) is 2.26. The molecule has 0 aliphatic heterocycles. The summed E-state index contributed by atoms with van der Waals surface area (Å²) < 4.78 is 5.16. The summed E-state index contributed by atoms with van der Waals surface area (Å²) in [4.78, 5) is 11.4. The van der Waals surface area contributed by atoms with Gasteiger partial charge < -0.3 is 9.64 Å². The van der Waals surface area contributed by atoms with E-state index in [9.17, 15) is 0 Å². The van der Waals surface area contributed by atoms with Crippen molar-refractivity contribution in [1.82, 2.24) is 9.97 Å². The Bertz CT molecular complexity index is 626. The largest absolute Gasteiger partial charge is 0.497 e. The standard InChI is InChI=1S/C15H17N3OS/c1-5-13-14(20)15(17-10(2)16-13)18(3)11-6-8-12(19-4)9-7-11/h5-9,20H,1H2,2-4H3. The normalized spacial score (nSPS) is 10.2. The maximum absolute atomic E-state index is 5.16. The van der Waals surface area contributed by atoms with Gasteiger partial charge >= 0.3 is 0 Å². The van der Waals surface area contributed by atoms with Gasteiger partial charge in [0.15, 0.2) is 5.82 Å². The van der Waals surface area contributed by atoms with Crippen LogP contribution in [0.3, 0.4) is 0 Å². The summed E-state index contributed by atoms with van der Waals surface area (Å²) in [6.45, 7) is 5.61. The molecular formula is C15H17N3OS. The molecule has 1 heterocycles. The Kier molecular flexibility index (Phi) is 4.29. The van der Waals surface area contributed by atoms with Crippen molar-refractivity contribution in [2.45, 2.75) is 11.8 Å². The Labute approximate surface area is 124 Å². The highest BCUT2D eigenvalue weighted by Gasteiger charge is 2.13. The Hall–Kier alpha value is -2.01. The number of rotatable bonds is 4. The number of ether oxygens (including phenoxy) is 1. The Morgan fingerprint density at radius 1 is 1.25 bits per heavy atom. The molecular weight excluding hydrogens is 270 g/mol. The molecule has 0 N–H and O–H groups in total. The Morgan fingerprint density at radius 2 is 1.90 bits per heavy atom. The SMILES string of the molecule is C=Cc1nc(C)nc(N(C)c2ccc(OC)cc2)c1S. The van der Waals surface area contributed by atoms with E-state index in [1.165, 1.54) is 0 Å². The smallest absolute Gasteiger partial charge is 0.150 e. The van der Waals surface area contributed by atoms with Crippen LogP contribution in [0, 0.1) is 6.92 Å². The number of nitrogens with zero attached hydrogens (tertiary/aromatic N) is 3. The van der Waals surface area contributed by atoms with Gasteiger partial charge in [-0.15, -0.1) is 12.6 Å². The molecule has 0 aliphatic rings. The molecule has 1 aromatic heterocycles. The summed E-state index contributed by atoms with van der Waals surface area (Å²) in [6, 6.07) is 7.76. The lowest BCUT2D eigenvalue weighted by Crippen LogP contribution is -2.14. The molecule has 1 aromatic carbocycles. The van der Waals surface area contributed by atoms with E-state index >= 15 is 0 Å². The van der Waals surface area contributed by atoms with Crippen LogP contribution < -0.4 is 9.64 Å². The second-order valence-corrected chi connectivity index (χ2v) is 4.74. The minimum atomic E-state index is 0.688. The van der Waals surface area contributed by atoms with Gasteiger partial charge in [0.05, 0.1) is 17.7 Å². The van der Waals surface area contributed by atoms with Crippen LogP contribution in [0.4, 0.5) is 11.5 Å². The summed E-state index contributed by atoms with van der Waals surface area (Å²) >= 11 is 4.50. The zero-order chi connectivity index (χ0) is 14.7. The zero-order valence-corrected chi connectivity index (χ0v) is 12.7. The van der Waals surface area contributed by atoms with Crippen molar-refractivity contribution in [2.75, 3.05) is 19.1 Å². The van der Waals surface area contributed by atoms with Crippen LogP contribution in [0.2, 0.25) is 0 Å². The first kappa shape index (κ1) is 14.4. The van der Waals surface area contributed by atoms with Gasteiger partial charge in [0, 0.05) is 12.7 Å². The topological polar surface area (TPSA) is 38.2 Å². The second kappa shape index (κ2) is 5.96. The summed E-state index contributed by atoms with van der Waals surface area (Å²) in [5.41, 5.74) is 1.73. The van der Waals surface area contributed by atoms with Gasteiger partial charge in [0.25, 0.3) is 0 Å². The predicted octanol–water partition coefficient (Wildman–Crippen LogP) is 3.49. The number of aryl methyl sites for hydroxylation is 1. The van der Waals surface area contributed by atoms with Gasteiger partial charge in [-0.2, -0.15) is 0 Å². The van der Waals surface area contributed by atoms with Crippen LogP contribution in [0.1, 0.15) is 11.5 Å². The fraction of sp³-hybridized carbons (Fsp3) is 0.200. The minimum absolute atomic E-state index is 0.688. The van der Waals surface area contributed by atoms with Crippen molar-refractivity contribution in [1.29, 1.82) is 0 Å². The number of thiol groups is 1. The highest BCUT2D eigenvalue weighted by atomic mass is 32.1. The number of benzene rings is 1. The van der Waals surface area contributed by atoms with E-state index < -0.39 is 0 Å². The number of hydrogen-bond donors (Lipinski definition) is 1. The summed E-state index contributed by atoms with van der Waals surface area (Å²) in [5, 5.41) is 0. The molecule has 0 radical (unpaired) electrons. The van der Waals surface area contributed by atoms with Gasteiger partial charge in [-0.3, -0.25) is 0 Å². The molecule has 2 rings (SSSR count). The molecule has 0 atom stereocenters. The molecule has 0 bridgehead atoms. The number of hydrogen-bond acceptors (Lipinski definition) is 5. The molecule has 0 unspecified atom stereocenters. The molecule has 2 aromatic rings. The monoisotopic (exact) mass is 287 g/mol. The lowest BCUT2D eigenvalue weighted by molar-refractivity contribution is 0.415. The maximum atomic E-state index is 5.16. The second-order valence-electron chi connectivity index (χ2n) is 4.29. The minimum Gasteiger partial charge on any atom is -0.497 e. The van der Waals surface area contributed by atoms with Crippen LogP contribution in [-0.2, 0) is 0 Å². The van der Waals surface area contributed by atoms with Gasteiger partial charge in [0.1, 0.15) is 11.6 Å². The van der Waals surface area contributed by atoms with Gasteiger partial charge in [-0.25, -0.2) is 9.97 Å². The van der Waals surface area contributed by atoms with Crippen LogP contribution >= 0.6 is 12.6 Å². The molecule has 0 saturated heterocycles. The predicted molar refractivity (Wildman–Crippen MR) is 85.2 cm³/mol. The van der Waals surface area contributed by atoms with E-state index in [1.54, 1.807) is 13.2 Å². The van der Waals surface area contributed by atoms with Gasteiger partial charge in [0.2, 0.25) is 0 Å². The quantitative estimate of drug-likeness (QED) is 0.874. The fourth-order valence-electron chi connectivity index (χ4n) is 1.88. The van der Waals surface area contributed by atoms with Crippen LogP contribution in [0.15, 0.2) is 35.7 Å². The van der Waals surface area contributed by atoms with E-state index in [1.807, 2.05) is 43.1 Å². The third kappa shape index (κ3) is 2.77. The van der Waals surface area contributed by atoms with E-state index in [2.05, 4.69) is 29.2 Å². The lowest BCUT2D eigenvalue weighted by Gasteiger charge is -2.21. The molecule has 0 aliphatic carbocycles. The molecule has 5 heteroatoms. The third-order valence-electron chi connectivity index (χ3n) is 2.98. The number of methoxy groups -OCH3 is 1. The summed E-state index contributed by atoms with van der Waals surface area (Å²) in [6.07, 6.45) is 1.68. The lowest BCUT2D eigenvalue weighted by atomic mass is 10.2. The van der Waals surface area contributed by atoms with Crippen LogP contribution in [-0.4, -0.2) is 24.1 Å². The van der Waals surface area contributed by atoms with Crippen molar-refractivity contribution in [2.24, 2.45) is 0 Å². The van der Waals surface area contributed by atoms with Crippen molar-refractivity contribution in [3.05, 3.63) is 42.4 Å². The number of anilines is 2. The molecule has 0 spiro atoms. The average molecular weight is 287 g/mol. The third-order valence-corrected chi connectivity index (χ3v) is 3.40. The fourth-order valence-corrected chi connectivity index (χ4v) is 2.22. The maximum Gasteiger partial charge on any atom is 0.150 e. The van der Waals surface area contributed by atoms with Crippen molar-refractivity contribution in [3.8, 4) is 5.75 Å². The number of aromatic nitrogens is 2. The van der Waals surface area contributed by atoms with Crippen LogP contribution in [0.25, 0.3) is 6.08 Å². The first-order valence-corrected chi connectivity index (χ1v) is 6.59. The van der Waals surface area contributed by atoms with Crippen molar-refractivity contribution < 1.29 is 4.74 Å². The molecule has 0 saturated carbocycles. The van der Waals surface area contributed by atoms with Crippen molar-refractivity contribution in [3.63, 3.8) is 0 Å². The molecule has 0 amide bonds. The highest BCUT2D eigenvalue weighted by molar-refractivity contribution is 7.80. The van der Waals surface area contributed by atoms with E-state index in [4.69, 9.17) is 4.74 Å². The van der Waals surface area contributed by atoms with Crippen molar-refractivity contribution >= 4 is 30.2 Å². The molecule has 0 fully saturated rings. The Morgan fingerprint density at radius 3 is 2.45 bits per heavy atom. The molecule has 104 valence electrons. The summed E-state index contributed by atoms with van der Waals surface area (Å²) in [7, 11) is 3.59. The molecule has 4 nitrogen and oxygen atoms in total. The Balaban J connectivity index is 2.44. The van der Waals surface area contributed by atoms with Gasteiger partial charge in [-0.1, -0.05) is 6.58 Å². The molecule has 20 heavy (non-hydrogen) atoms. The average Bonchev–Trinajstić information content (AvgIpc) is 2.48.